The maximum atomic E-state index is 11.5. The lowest BCUT2D eigenvalue weighted by Crippen LogP contribution is -2.45. The molecule has 1 atom stereocenters. The average molecular weight is 455 g/mol. The van der Waals surface area contributed by atoms with Gasteiger partial charge in [-0.2, -0.15) is 0 Å². The number of rotatable bonds is 5. The fraction of sp³-hybridized carbons (Fsp3) is 0.812. The quantitative estimate of drug-likeness (QED) is 0.289. The van der Waals surface area contributed by atoms with Crippen molar-refractivity contribution in [3.8, 4) is 0 Å². The predicted octanol–water partition coefficient (Wildman–Crippen LogP) is 2.48. The fourth-order valence-electron chi connectivity index (χ4n) is 3.08. The van der Waals surface area contributed by atoms with Crippen LogP contribution in [0.2, 0.25) is 0 Å². The molecule has 2 rings (SSSR count). The van der Waals surface area contributed by atoms with Crippen LogP contribution >= 0.6 is 24.0 Å². The summed E-state index contributed by atoms with van der Waals surface area (Å²) >= 11 is 0. The number of nitrogens with zero attached hydrogens (tertiary/aromatic N) is 1. The molecular formula is C16H30IN3O2S. The zero-order chi connectivity index (χ0) is 16.0. The Bertz CT molecular complexity index is 513. The van der Waals surface area contributed by atoms with Crippen LogP contribution in [0.5, 0.6) is 0 Å². The van der Waals surface area contributed by atoms with Crippen molar-refractivity contribution in [2.75, 3.05) is 24.6 Å². The SMILES string of the molecule is C=C(C)CN=C(NCC1CCS(=O)(=O)C1)NC1CCCCC1.I. The van der Waals surface area contributed by atoms with E-state index in [4.69, 9.17) is 0 Å². The van der Waals surface area contributed by atoms with Crippen LogP contribution in [-0.2, 0) is 9.84 Å². The summed E-state index contributed by atoms with van der Waals surface area (Å²) in [6, 6.07) is 0.484. The van der Waals surface area contributed by atoms with Gasteiger partial charge in [-0.15, -0.1) is 24.0 Å². The van der Waals surface area contributed by atoms with Crippen LogP contribution in [0, 0.1) is 5.92 Å². The van der Waals surface area contributed by atoms with Gasteiger partial charge in [-0.3, -0.25) is 0 Å². The van der Waals surface area contributed by atoms with Gasteiger partial charge < -0.3 is 10.6 Å². The van der Waals surface area contributed by atoms with E-state index in [0.717, 1.165) is 18.0 Å². The Hall–Kier alpha value is -0.310. The number of hydrogen-bond acceptors (Lipinski definition) is 3. The lowest BCUT2D eigenvalue weighted by molar-refractivity contribution is 0.408. The van der Waals surface area contributed by atoms with Gasteiger partial charge in [0.05, 0.1) is 18.1 Å². The molecule has 1 heterocycles. The van der Waals surface area contributed by atoms with Crippen LogP contribution in [-0.4, -0.2) is 45.0 Å². The van der Waals surface area contributed by atoms with Crippen molar-refractivity contribution >= 4 is 39.8 Å². The second-order valence-corrected chi connectivity index (χ2v) is 8.98. The Kier molecular flexibility index (Phi) is 8.89. The molecule has 0 aromatic rings. The summed E-state index contributed by atoms with van der Waals surface area (Å²) in [6.45, 7) is 7.13. The zero-order valence-corrected chi connectivity index (χ0v) is 17.2. The summed E-state index contributed by atoms with van der Waals surface area (Å²) in [4.78, 5) is 4.56. The molecule has 0 bridgehead atoms. The highest BCUT2D eigenvalue weighted by molar-refractivity contribution is 14.0. The monoisotopic (exact) mass is 455 g/mol. The minimum atomic E-state index is -2.81. The van der Waals surface area contributed by atoms with Crippen LogP contribution in [0.15, 0.2) is 17.1 Å². The summed E-state index contributed by atoms with van der Waals surface area (Å²) in [7, 11) is -2.81. The van der Waals surface area contributed by atoms with Gasteiger partial charge in [0, 0.05) is 12.6 Å². The molecule has 0 spiro atoms. The van der Waals surface area contributed by atoms with Crippen LogP contribution in [0.25, 0.3) is 0 Å². The lowest BCUT2D eigenvalue weighted by atomic mass is 9.96. The fourth-order valence-corrected chi connectivity index (χ4v) is 4.94. The molecule has 1 aliphatic heterocycles. The second kappa shape index (κ2) is 9.86. The maximum absolute atomic E-state index is 11.5. The van der Waals surface area contributed by atoms with E-state index in [-0.39, 0.29) is 29.9 Å². The van der Waals surface area contributed by atoms with Gasteiger partial charge in [0.15, 0.2) is 15.8 Å². The Morgan fingerprint density at radius 1 is 1.22 bits per heavy atom. The first-order chi connectivity index (χ1) is 10.4. The minimum absolute atomic E-state index is 0. The molecule has 7 heteroatoms. The molecule has 1 unspecified atom stereocenters. The standard InChI is InChI=1S/C16H29N3O2S.HI/c1-13(2)10-17-16(19-15-6-4-3-5-7-15)18-11-14-8-9-22(20,21)12-14;/h14-15H,1,3-12H2,2H3,(H2,17,18,19);1H. The number of guanidine groups is 1. The summed E-state index contributed by atoms with van der Waals surface area (Å²) in [5.41, 5.74) is 1.02. The molecule has 1 aliphatic carbocycles. The van der Waals surface area contributed by atoms with Crippen LogP contribution in [0.4, 0.5) is 0 Å². The van der Waals surface area contributed by atoms with E-state index in [1.54, 1.807) is 0 Å². The molecule has 2 N–H and O–H groups in total. The van der Waals surface area contributed by atoms with Gasteiger partial charge >= 0.3 is 0 Å². The molecule has 0 amide bonds. The van der Waals surface area contributed by atoms with Crippen LogP contribution in [0.3, 0.4) is 0 Å². The molecule has 2 fully saturated rings. The highest BCUT2D eigenvalue weighted by atomic mass is 127. The molecular weight excluding hydrogens is 425 g/mol. The minimum Gasteiger partial charge on any atom is -0.356 e. The lowest BCUT2D eigenvalue weighted by Gasteiger charge is -2.25. The molecule has 1 saturated carbocycles. The van der Waals surface area contributed by atoms with Gasteiger partial charge in [-0.05, 0) is 32.1 Å². The first kappa shape index (κ1) is 20.7. The van der Waals surface area contributed by atoms with E-state index >= 15 is 0 Å². The van der Waals surface area contributed by atoms with E-state index in [9.17, 15) is 8.42 Å². The van der Waals surface area contributed by atoms with Crippen molar-refractivity contribution < 1.29 is 8.42 Å². The zero-order valence-electron chi connectivity index (χ0n) is 14.0. The topological polar surface area (TPSA) is 70.6 Å². The van der Waals surface area contributed by atoms with E-state index in [1.807, 2.05) is 6.92 Å². The van der Waals surface area contributed by atoms with Gasteiger partial charge in [0.25, 0.3) is 0 Å². The van der Waals surface area contributed by atoms with E-state index in [2.05, 4.69) is 22.2 Å². The molecule has 5 nitrogen and oxygen atoms in total. The first-order valence-corrected chi connectivity index (χ1v) is 10.2. The third-order valence-electron chi connectivity index (χ3n) is 4.34. The molecule has 134 valence electrons. The highest BCUT2D eigenvalue weighted by Gasteiger charge is 2.27. The summed E-state index contributed by atoms with van der Waals surface area (Å²) in [6.07, 6.45) is 6.99. The molecule has 0 aromatic heterocycles. The highest BCUT2D eigenvalue weighted by Crippen LogP contribution is 2.18. The molecule has 1 saturated heterocycles. The van der Waals surface area contributed by atoms with Gasteiger partial charge in [0.2, 0.25) is 0 Å². The summed E-state index contributed by atoms with van der Waals surface area (Å²) < 4.78 is 23.1. The van der Waals surface area contributed by atoms with E-state index in [1.165, 1.54) is 32.1 Å². The largest absolute Gasteiger partial charge is 0.356 e. The number of halogens is 1. The summed E-state index contributed by atoms with van der Waals surface area (Å²) in [5.74, 6) is 1.64. The molecule has 0 radical (unpaired) electrons. The third kappa shape index (κ3) is 7.87. The smallest absolute Gasteiger partial charge is 0.191 e. The Morgan fingerprint density at radius 2 is 1.91 bits per heavy atom. The Morgan fingerprint density at radius 3 is 2.48 bits per heavy atom. The van der Waals surface area contributed by atoms with Gasteiger partial charge in [-0.25, -0.2) is 13.4 Å². The van der Waals surface area contributed by atoms with Gasteiger partial charge in [-0.1, -0.05) is 31.4 Å². The van der Waals surface area contributed by atoms with Crippen LogP contribution in [0.1, 0.15) is 45.4 Å². The molecule has 2 aliphatic rings. The molecule has 0 aromatic carbocycles. The normalized spacial score (nSPS) is 24.7. The number of hydrogen-bond donors (Lipinski definition) is 2. The van der Waals surface area contributed by atoms with E-state index < -0.39 is 9.84 Å². The van der Waals surface area contributed by atoms with Crippen molar-refractivity contribution in [2.24, 2.45) is 10.9 Å². The van der Waals surface area contributed by atoms with Crippen molar-refractivity contribution in [3.63, 3.8) is 0 Å². The van der Waals surface area contributed by atoms with Crippen molar-refractivity contribution in [3.05, 3.63) is 12.2 Å². The summed E-state index contributed by atoms with van der Waals surface area (Å²) in [5, 5.41) is 6.84. The van der Waals surface area contributed by atoms with Crippen molar-refractivity contribution in [1.29, 1.82) is 0 Å². The van der Waals surface area contributed by atoms with Crippen molar-refractivity contribution in [2.45, 2.75) is 51.5 Å². The average Bonchev–Trinajstić information content (AvgIpc) is 2.82. The second-order valence-electron chi connectivity index (χ2n) is 6.75. The number of sulfone groups is 1. The van der Waals surface area contributed by atoms with Crippen molar-refractivity contribution in [1.82, 2.24) is 10.6 Å². The maximum Gasteiger partial charge on any atom is 0.191 e. The van der Waals surface area contributed by atoms with Crippen LogP contribution < -0.4 is 10.6 Å². The first-order valence-electron chi connectivity index (χ1n) is 8.34. The molecule has 23 heavy (non-hydrogen) atoms. The van der Waals surface area contributed by atoms with E-state index in [0.29, 0.717) is 30.6 Å². The number of nitrogens with one attached hydrogen (secondary N) is 2. The third-order valence-corrected chi connectivity index (χ3v) is 6.18. The van der Waals surface area contributed by atoms with Gasteiger partial charge in [0.1, 0.15) is 0 Å². The number of aliphatic imine (C=N–C) groups is 1. The Balaban J connectivity index is 0.00000264. The Labute approximate surface area is 157 Å². The predicted molar refractivity (Wildman–Crippen MR) is 107 cm³/mol.